The van der Waals surface area contributed by atoms with Gasteiger partial charge in [0.25, 0.3) is 5.56 Å². The van der Waals surface area contributed by atoms with Crippen LogP contribution in [0.1, 0.15) is 23.5 Å². The number of aromatic nitrogens is 2. The molecule has 0 amide bonds. The Morgan fingerprint density at radius 1 is 1.09 bits per heavy atom. The Bertz CT molecular complexity index is 1540. The summed E-state index contributed by atoms with van der Waals surface area (Å²) in [7, 11) is 1.38. The Kier molecular flexibility index (Phi) is 5.17. The maximum atomic E-state index is 13.4. The monoisotopic (exact) mass is 460 g/mol. The zero-order valence-corrected chi connectivity index (χ0v) is 18.8. The highest BCUT2D eigenvalue weighted by molar-refractivity contribution is 6.33. The van der Waals surface area contributed by atoms with Crippen LogP contribution in [0.15, 0.2) is 70.3 Å². The lowest BCUT2D eigenvalue weighted by molar-refractivity contribution is -0.142. The summed E-state index contributed by atoms with van der Waals surface area (Å²) in [5.41, 5.74) is 3.40. The third kappa shape index (κ3) is 3.56. The molecule has 0 radical (unpaired) electrons. The Labute approximate surface area is 194 Å². The van der Waals surface area contributed by atoms with Gasteiger partial charge in [-0.2, -0.15) is 0 Å². The van der Waals surface area contributed by atoms with Gasteiger partial charge in [0.1, 0.15) is 0 Å². The number of aromatic amines is 1. The van der Waals surface area contributed by atoms with Crippen molar-refractivity contribution in [3.05, 3.63) is 97.7 Å². The molecule has 7 heteroatoms. The van der Waals surface area contributed by atoms with E-state index in [4.69, 9.17) is 16.3 Å². The van der Waals surface area contributed by atoms with Gasteiger partial charge in [-0.3, -0.25) is 9.59 Å². The zero-order chi connectivity index (χ0) is 23.3. The van der Waals surface area contributed by atoms with Crippen LogP contribution in [0.3, 0.4) is 0 Å². The molecule has 0 aliphatic heterocycles. The van der Waals surface area contributed by atoms with Crippen molar-refractivity contribution in [3.63, 3.8) is 0 Å². The van der Waals surface area contributed by atoms with Crippen LogP contribution in [-0.2, 0) is 9.53 Å². The molecule has 3 aromatic carbocycles. The van der Waals surface area contributed by atoms with Crippen molar-refractivity contribution >= 4 is 28.5 Å². The second-order valence-electron chi connectivity index (χ2n) is 8.27. The van der Waals surface area contributed by atoms with Crippen LogP contribution in [0.25, 0.3) is 27.7 Å². The van der Waals surface area contributed by atoms with E-state index in [9.17, 15) is 14.4 Å². The number of ether oxygens (including phenoxy) is 1. The number of rotatable bonds is 4. The second kappa shape index (κ2) is 8.05. The first-order valence-corrected chi connectivity index (χ1v) is 11.0. The number of carbonyl (C=O) groups excluding carboxylic acids is 1. The SMILES string of the molecule is COC(=O)[C@H]1C[C@@H]1c1cccc(-n2c(=O)[nH]c3cc(-c4ccccc4Cl)ccc3c2=O)c1C. The maximum Gasteiger partial charge on any atom is 0.333 e. The van der Waals surface area contributed by atoms with Gasteiger partial charge >= 0.3 is 11.7 Å². The molecule has 5 rings (SSSR count). The number of carbonyl (C=O) groups is 1. The first kappa shape index (κ1) is 21.2. The Hall–Kier alpha value is -3.64. The number of nitrogens with zero attached hydrogens (tertiary/aromatic N) is 1. The fourth-order valence-electron chi connectivity index (χ4n) is 4.53. The van der Waals surface area contributed by atoms with E-state index in [1.54, 1.807) is 30.3 Å². The Balaban J connectivity index is 1.62. The molecule has 6 nitrogen and oxygen atoms in total. The number of nitrogens with one attached hydrogen (secondary N) is 1. The van der Waals surface area contributed by atoms with Crippen LogP contribution < -0.4 is 11.2 Å². The van der Waals surface area contributed by atoms with Gasteiger partial charge in [0.2, 0.25) is 0 Å². The van der Waals surface area contributed by atoms with Gasteiger partial charge in [-0.05, 0) is 60.2 Å². The molecule has 1 heterocycles. The summed E-state index contributed by atoms with van der Waals surface area (Å²) < 4.78 is 6.02. The molecule has 166 valence electrons. The molecule has 1 fully saturated rings. The molecule has 2 atom stereocenters. The van der Waals surface area contributed by atoms with Crippen LogP contribution in [0.5, 0.6) is 0 Å². The van der Waals surface area contributed by atoms with E-state index in [0.29, 0.717) is 28.0 Å². The molecule has 0 spiro atoms. The smallest absolute Gasteiger partial charge is 0.333 e. The van der Waals surface area contributed by atoms with Gasteiger partial charge in [0.05, 0.1) is 29.6 Å². The van der Waals surface area contributed by atoms with Crippen molar-refractivity contribution in [2.45, 2.75) is 19.3 Å². The van der Waals surface area contributed by atoms with Crippen molar-refractivity contribution in [3.8, 4) is 16.8 Å². The fourth-order valence-corrected chi connectivity index (χ4v) is 4.78. The van der Waals surface area contributed by atoms with Crippen LogP contribution in [0.2, 0.25) is 5.02 Å². The van der Waals surface area contributed by atoms with Crippen molar-refractivity contribution in [2.75, 3.05) is 7.11 Å². The Morgan fingerprint density at radius 3 is 2.64 bits per heavy atom. The average molecular weight is 461 g/mol. The molecular weight excluding hydrogens is 440 g/mol. The third-order valence-electron chi connectivity index (χ3n) is 6.36. The number of H-pyrrole nitrogens is 1. The molecule has 33 heavy (non-hydrogen) atoms. The summed E-state index contributed by atoms with van der Waals surface area (Å²) in [5, 5.41) is 0.986. The van der Waals surface area contributed by atoms with Gasteiger partial charge in [-0.1, -0.05) is 48.0 Å². The molecule has 0 bridgehead atoms. The minimum Gasteiger partial charge on any atom is -0.469 e. The van der Waals surface area contributed by atoms with Crippen LogP contribution in [-0.4, -0.2) is 22.6 Å². The summed E-state index contributed by atoms with van der Waals surface area (Å²) in [4.78, 5) is 41.2. The van der Waals surface area contributed by atoms with Gasteiger partial charge < -0.3 is 9.72 Å². The normalized spacial score (nSPS) is 17.2. The van der Waals surface area contributed by atoms with Crippen LogP contribution in [0, 0.1) is 12.8 Å². The quantitative estimate of drug-likeness (QED) is 0.452. The molecule has 0 unspecified atom stereocenters. The molecule has 4 aromatic rings. The maximum absolute atomic E-state index is 13.4. The van der Waals surface area contributed by atoms with Crippen molar-refractivity contribution < 1.29 is 9.53 Å². The Morgan fingerprint density at radius 2 is 1.88 bits per heavy atom. The standard InChI is InChI=1S/C26H21ClN2O4/c1-14-16(19-13-20(19)25(31)33-2)7-5-9-23(14)29-24(30)18-11-10-15(12-22(18)28-26(29)32)17-6-3-4-8-21(17)27/h3-12,19-20H,13H2,1-2H3,(H,28,32)/t19-,20+/m1/s1. The van der Waals surface area contributed by atoms with Crippen LogP contribution >= 0.6 is 11.6 Å². The van der Waals surface area contributed by atoms with E-state index < -0.39 is 11.2 Å². The van der Waals surface area contributed by atoms with Gasteiger partial charge in [0.15, 0.2) is 0 Å². The van der Waals surface area contributed by atoms with Gasteiger partial charge in [0, 0.05) is 10.6 Å². The van der Waals surface area contributed by atoms with Gasteiger partial charge in [-0.15, -0.1) is 0 Å². The van der Waals surface area contributed by atoms with E-state index in [-0.39, 0.29) is 17.8 Å². The lowest BCUT2D eigenvalue weighted by atomic mass is 10.0. The number of fused-ring (bicyclic) bond motifs is 1. The number of hydrogen-bond donors (Lipinski definition) is 1. The summed E-state index contributed by atoms with van der Waals surface area (Å²) >= 11 is 6.31. The highest BCUT2D eigenvalue weighted by Crippen LogP contribution is 2.49. The van der Waals surface area contributed by atoms with E-state index in [0.717, 1.165) is 26.8 Å². The summed E-state index contributed by atoms with van der Waals surface area (Å²) in [6.45, 7) is 1.87. The average Bonchev–Trinajstić information content (AvgIpc) is 3.60. The molecule has 1 N–H and O–H groups in total. The molecular formula is C26H21ClN2O4. The number of esters is 1. The minimum atomic E-state index is -0.524. The van der Waals surface area contributed by atoms with E-state index in [1.165, 1.54) is 7.11 Å². The molecule has 1 aromatic heterocycles. The van der Waals surface area contributed by atoms with E-state index in [1.807, 2.05) is 37.3 Å². The first-order chi connectivity index (χ1) is 15.9. The number of methoxy groups -OCH3 is 1. The topological polar surface area (TPSA) is 81.2 Å². The lowest BCUT2D eigenvalue weighted by Gasteiger charge is -2.14. The molecule has 1 aliphatic rings. The molecule has 1 saturated carbocycles. The lowest BCUT2D eigenvalue weighted by Crippen LogP contribution is -2.34. The number of benzene rings is 3. The molecule has 0 saturated heterocycles. The summed E-state index contributed by atoms with van der Waals surface area (Å²) in [5.74, 6) is -0.385. The highest BCUT2D eigenvalue weighted by atomic mass is 35.5. The van der Waals surface area contributed by atoms with Crippen LogP contribution in [0.4, 0.5) is 0 Å². The summed E-state index contributed by atoms with van der Waals surface area (Å²) in [6.07, 6.45) is 0.699. The predicted octanol–water partition coefficient (Wildman–Crippen LogP) is 4.58. The van der Waals surface area contributed by atoms with Crippen molar-refractivity contribution in [1.29, 1.82) is 0 Å². The van der Waals surface area contributed by atoms with Gasteiger partial charge in [-0.25, -0.2) is 9.36 Å². The highest BCUT2D eigenvalue weighted by Gasteiger charge is 2.45. The minimum absolute atomic E-state index is 0.0332. The fraction of sp³-hybridized carbons (Fsp3) is 0.192. The van der Waals surface area contributed by atoms with E-state index >= 15 is 0 Å². The van der Waals surface area contributed by atoms with Crippen molar-refractivity contribution in [1.82, 2.24) is 9.55 Å². The zero-order valence-electron chi connectivity index (χ0n) is 18.1. The predicted molar refractivity (Wildman–Crippen MR) is 128 cm³/mol. The molecule has 1 aliphatic carbocycles. The third-order valence-corrected chi connectivity index (χ3v) is 6.69. The summed E-state index contributed by atoms with van der Waals surface area (Å²) in [6, 6.07) is 18.2. The number of halogens is 1. The first-order valence-electron chi connectivity index (χ1n) is 10.6. The second-order valence-corrected chi connectivity index (χ2v) is 8.68. The largest absolute Gasteiger partial charge is 0.469 e. The number of hydrogen-bond acceptors (Lipinski definition) is 4. The van der Waals surface area contributed by atoms with Crippen molar-refractivity contribution in [2.24, 2.45) is 5.92 Å². The van der Waals surface area contributed by atoms with E-state index in [2.05, 4.69) is 4.98 Å².